The Morgan fingerprint density at radius 1 is 1.50 bits per heavy atom. The van der Waals surface area contributed by atoms with E-state index in [0.29, 0.717) is 5.92 Å². The predicted octanol–water partition coefficient (Wildman–Crippen LogP) is 3.06. The topological polar surface area (TPSA) is 20.2 Å². The first-order valence-electron chi connectivity index (χ1n) is 5.78. The fourth-order valence-electron chi connectivity index (χ4n) is 2.88. The van der Waals surface area contributed by atoms with E-state index in [1.807, 2.05) is 0 Å². The molecule has 2 unspecified atom stereocenters. The second kappa shape index (κ2) is 4.31. The van der Waals surface area contributed by atoms with Gasteiger partial charge in [0.1, 0.15) is 0 Å². The Kier molecular flexibility index (Phi) is 3.07. The van der Waals surface area contributed by atoms with Gasteiger partial charge in [-0.05, 0) is 55.9 Å². The summed E-state index contributed by atoms with van der Waals surface area (Å²) < 4.78 is 0. The van der Waals surface area contributed by atoms with E-state index in [2.05, 4.69) is 12.7 Å². The Morgan fingerprint density at radius 3 is 3.14 bits per heavy atom. The molecule has 0 aliphatic heterocycles. The fourth-order valence-corrected chi connectivity index (χ4v) is 2.88. The molecule has 0 aromatic carbocycles. The molecule has 0 spiro atoms. The van der Waals surface area contributed by atoms with Crippen LogP contribution in [-0.2, 0) is 0 Å². The molecule has 0 bridgehead atoms. The van der Waals surface area contributed by atoms with E-state index in [4.69, 9.17) is 5.11 Å². The molecule has 0 saturated heterocycles. The summed E-state index contributed by atoms with van der Waals surface area (Å²) in [5.41, 5.74) is 2.74. The van der Waals surface area contributed by atoms with Gasteiger partial charge >= 0.3 is 0 Å². The standard InChI is InChI=1S/C13H20O/c1-10(9-14)12-7-6-11-4-2-3-5-13(11)8-12/h4,12-14H,1-3,5-9H2. The van der Waals surface area contributed by atoms with Crippen LogP contribution >= 0.6 is 0 Å². The molecule has 0 radical (unpaired) electrons. The van der Waals surface area contributed by atoms with Crippen molar-refractivity contribution in [3.05, 3.63) is 23.8 Å². The van der Waals surface area contributed by atoms with Gasteiger partial charge in [0.25, 0.3) is 0 Å². The first kappa shape index (κ1) is 9.97. The maximum absolute atomic E-state index is 9.07. The second-order valence-corrected chi connectivity index (χ2v) is 4.69. The zero-order valence-electron chi connectivity index (χ0n) is 8.84. The van der Waals surface area contributed by atoms with E-state index in [0.717, 1.165) is 11.5 Å². The van der Waals surface area contributed by atoms with Crippen LogP contribution in [0.1, 0.15) is 38.5 Å². The molecule has 1 fully saturated rings. The molecule has 2 aliphatic rings. The minimum atomic E-state index is 0.177. The molecular formula is C13H20O. The number of rotatable bonds is 2. The molecule has 14 heavy (non-hydrogen) atoms. The molecule has 0 aromatic rings. The van der Waals surface area contributed by atoms with Crippen LogP contribution in [0.3, 0.4) is 0 Å². The summed E-state index contributed by atoms with van der Waals surface area (Å²) in [6.45, 7) is 4.14. The second-order valence-electron chi connectivity index (χ2n) is 4.69. The van der Waals surface area contributed by atoms with Crippen LogP contribution in [0.5, 0.6) is 0 Å². The highest BCUT2D eigenvalue weighted by Gasteiger charge is 2.27. The van der Waals surface area contributed by atoms with Crippen LogP contribution in [0.4, 0.5) is 0 Å². The van der Waals surface area contributed by atoms with Crippen LogP contribution in [0, 0.1) is 11.8 Å². The number of allylic oxidation sites excluding steroid dienone is 2. The summed E-state index contributed by atoms with van der Waals surface area (Å²) in [6.07, 6.45) is 10.2. The van der Waals surface area contributed by atoms with Crippen molar-refractivity contribution in [2.24, 2.45) is 11.8 Å². The maximum atomic E-state index is 9.07. The average molecular weight is 192 g/mol. The molecular weight excluding hydrogens is 172 g/mol. The minimum Gasteiger partial charge on any atom is -0.392 e. The molecule has 2 atom stereocenters. The third kappa shape index (κ3) is 1.93. The largest absolute Gasteiger partial charge is 0.392 e. The van der Waals surface area contributed by atoms with Crippen molar-refractivity contribution in [1.29, 1.82) is 0 Å². The Balaban J connectivity index is 2.00. The summed E-state index contributed by atoms with van der Waals surface area (Å²) >= 11 is 0. The van der Waals surface area contributed by atoms with Gasteiger partial charge in [-0.3, -0.25) is 0 Å². The smallest absolute Gasteiger partial charge is 0.0641 e. The molecule has 1 N–H and O–H groups in total. The molecule has 0 aromatic heterocycles. The lowest BCUT2D eigenvalue weighted by Crippen LogP contribution is -2.22. The summed E-state index contributed by atoms with van der Waals surface area (Å²) in [5.74, 6) is 1.39. The Labute approximate surface area is 86.5 Å². The first-order valence-corrected chi connectivity index (χ1v) is 5.78. The fraction of sp³-hybridized carbons (Fsp3) is 0.692. The molecule has 1 saturated carbocycles. The van der Waals surface area contributed by atoms with E-state index in [9.17, 15) is 0 Å². The summed E-state index contributed by atoms with van der Waals surface area (Å²) in [5, 5.41) is 9.07. The van der Waals surface area contributed by atoms with Gasteiger partial charge in [0.15, 0.2) is 0 Å². The molecule has 1 heteroatoms. The van der Waals surface area contributed by atoms with Crippen LogP contribution in [0.2, 0.25) is 0 Å². The predicted molar refractivity (Wildman–Crippen MR) is 59.0 cm³/mol. The van der Waals surface area contributed by atoms with Crippen LogP contribution in [0.15, 0.2) is 23.8 Å². The van der Waals surface area contributed by atoms with Crippen LogP contribution < -0.4 is 0 Å². The van der Waals surface area contributed by atoms with E-state index in [1.54, 1.807) is 5.57 Å². The van der Waals surface area contributed by atoms with Crippen molar-refractivity contribution >= 4 is 0 Å². The highest BCUT2D eigenvalue weighted by atomic mass is 16.3. The maximum Gasteiger partial charge on any atom is 0.0641 e. The summed E-state index contributed by atoms with van der Waals surface area (Å²) in [6, 6.07) is 0. The lowest BCUT2D eigenvalue weighted by Gasteiger charge is -2.34. The van der Waals surface area contributed by atoms with Gasteiger partial charge < -0.3 is 5.11 Å². The zero-order valence-corrected chi connectivity index (χ0v) is 8.84. The monoisotopic (exact) mass is 192 g/mol. The molecule has 1 nitrogen and oxygen atoms in total. The number of fused-ring (bicyclic) bond motifs is 1. The molecule has 78 valence electrons. The van der Waals surface area contributed by atoms with E-state index in [1.165, 1.54) is 38.5 Å². The normalized spacial score (nSPS) is 31.9. The third-order valence-corrected chi connectivity index (χ3v) is 3.82. The van der Waals surface area contributed by atoms with Crippen molar-refractivity contribution < 1.29 is 5.11 Å². The lowest BCUT2D eigenvalue weighted by molar-refractivity contribution is 0.278. The van der Waals surface area contributed by atoms with Crippen LogP contribution in [-0.4, -0.2) is 11.7 Å². The first-order chi connectivity index (χ1) is 6.81. The minimum absolute atomic E-state index is 0.177. The summed E-state index contributed by atoms with van der Waals surface area (Å²) in [4.78, 5) is 0. The van der Waals surface area contributed by atoms with Gasteiger partial charge in [-0.2, -0.15) is 0 Å². The number of hydrogen-bond donors (Lipinski definition) is 1. The number of hydrogen-bond acceptors (Lipinski definition) is 1. The Morgan fingerprint density at radius 2 is 2.36 bits per heavy atom. The quantitative estimate of drug-likeness (QED) is 0.667. The molecule has 2 rings (SSSR count). The number of aliphatic hydroxyl groups is 1. The van der Waals surface area contributed by atoms with Crippen molar-refractivity contribution in [2.45, 2.75) is 38.5 Å². The SMILES string of the molecule is C=C(CO)C1CCC2=CCCCC2C1. The Bertz CT molecular complexity index is 252. The van der Waals surface area contributed by atoms with Gasteiger partial charge in [0.2, 0.25) is 0 Å². The van der Waals surface area contributed by atoms with Crippen molar-refractivity contribution in [3.8, 4) is 0 Å². The Hall–Kier alpha value is -0.560. The van der Waals surface area contributed by atoms with Crippen molar-refractivity contribution in [2.75, 3.05) is 6.61 Å². The highest BCUT2D eigenvalue weighted by Crippen LogP contribution is 2.41. The van der Waals surface area contributed by atoms with Crippen LogP contribution in [0.25, 0.3) is 0 Å². The van der Waals surface area contributed by atoms with Crippen molar-refractivity contribution in [1.82, 2.24) is 0 Å². The van der Waals surface area contributed by atoms with Gasteiger partial charge in [0, 0.05) is 0 Å². The molecule has 2 aliphatic carbocycles. The number of aliphatic hydroxyl groups excluding tert-OH is 1. The molecule has 0 amide bonds. The van der Waals surface area contributed by atoms with E-state index >= 15 is 0 Å². The van der Waals surface area contributed by atoms with E-state index < -0.39 is 0 Å². The molecule has 0 heterocycles. The lowest BCUT2D eigenvalue weighted by atomic mass is 9.71. The third-order valence-electron chi connectivity index (χ3n) is 3.82. The van der Waals surface area contributed by atoms with Gasteiger partial charge in [-0.25, -0.2) is 0 Å². The van der Waals surface area contributed by atoms with E-state index in [-0.39, 0.29) is 6.61 Å². The van der Waals surface area contributed by atoms with Gasteiger partial charge in [-0.1, -0.05) is 18.2 Å². The average Bonchev–Trinajstić information content (AvgIpc) is 2.27. The summed E-state index contributed by atoms with van der Waals surface area (Å²) in [7, 11) is 0. The highest BCUT2D eigenvalue weighted by molar-refractivity contribution is 5.16. The van der Waals surface area contributed by atoms with Crippen molar-refractivity contribution in [3.63, 3.8) is 0 Å². The zero-order chi connectivity index (χ0) is 9.97. The van der Waals surface area contributed by atoms with Gasteiger partial charge in [0.05, 0.1) is 6.61 Å². The van der Waals surface area contributed by atoms with Gasteiger partial charge in [-0.15, -0.1) is 0 Å².